The summed E-state index contributed by atoms with van der Waals surface area (Å²) in [6.07, 6.45) is 5.70. The van der Waals surface area contributed by atoms with Crippen LogP contribution in [0.3, 0.4) is 0 Å². The topological polar surface area (TPSA) is 17.8 Å². The molecule has 0 atom stereocenters. The number of halogens is 2. The van der Waals surface area contributed by atoms with Gasteiger partial charge in [-0.3, -0.25) is 0 Å². The maximum atomic E-state index is 6.46. The summed E-state index contributed by atoms with van der Waals surface area (Å²) < 4.78 is 1.78. The van der Waals surface area contributed by atoms with Crippen LogP contribution in [0.15, 0.2) is 24.3 Å². The lowest BCUT2D eigenvalue weighted by molar-refractivity contribution is 0.694. The van der Waals surface area contributed by atoms with Crippen LogP contribution in [0.1, 0.15) is 30.5 Å². The van der Waals surface area contributed by atoms with Gasteiger partial charge in [-0.05, 0) is 37.8 Å². The van der Waals surface area contributed by atoms with E-state index in [2.05, 4.69) is 5.10 Å². The maximum absolute atomic E-state index is 6.46. The number of nitrogens with zero attached hydrogens (tertiary/aromatic N) is 2. The van der Waals surface area contributed by atoms with Crippen LogP contribution in [0.25, 0.3) is 5.69 Å². The van der Waals surface area contributed by atoms with Crippen molar-refractivity contribution in [3.05, 3.63) is 45.7 Å². The summed E-state index contributed by atoms with van der Waals surface area (Å²) in [7, 11) is 0. The smallest absolute Gasteiger partial charge is 0.136 e. The average molecular weight is 281 g/mol. The quantitative estimate of drug-likeness (QED) is 0.706. The van der Waals surface area contributed by atoms with Crippen molar-refractivity contribution >= 4 is 23.2 Å². The summed E-state index contributed by atoms with van der Waals surface area (Å²) in [5, 5.41) is 6.04. The van der Waals surface area contributed by atoms with Crippen LogP contribution in [-0.4, -0.2) is 9.78 Å². The molecule has 0 fully saturated rings. The fourth-order valence-electron chi connectivity index (χ4n) is 2.47. The van der Waals surface area contributed by atoms with E-state index in [9.17, 15) is 0 Å². The van der Waals surface area contributed by atoms with Gasteiger partial charge in [0.05, 0.1) is 16.4 Å². The first kappa shape index (κ1) is 12.1. The van der Waals surface area contributed by atoms with Crippen molar-refractivity contribution in [1.29, 1.82) is 0 Å². The second-order valence-electron chi connectivity index (χ2n) is 4.64. The third-order valence-corrected chi connectivity index (χ3v) is 4.13. The lowest BCUT2D eigenvalue weighted by Gasteiger charge is -2.05. The van der Waals surface area contributed by atoms with Crippen molar-refractivity contribution in [3.8, 4) is 5.69 Å². The van der Waals surface area contributed by atoms with Crippen molar-refractivity contribution in [1.82, 2.24) is 9.78 Å². The Balaban J connectivity index is 2.12. The van der Waals surface area contributed by atoms with E-state index in [4.69, 9.17) is 23.2 Å². The SMILES string of the molecule is Clc1ccccc1-n1nc2c(c1Cl)CCCCC2. The average Bonchev–Trinajstić information content (AvgIpc) is 2.56. The van der Waals surface area contributed by atoms with Gasteiger partial charge in [0.1, 0.15) is 5.15 Å². The summed E-state index contributed by atoms with van der Waals surface area (Å²) in [6, 6.07) is 7.67. The van der Waals surface area contributed by atoms with Crippen molar-refractivity contribution in [2.45, 2.75) is 32.1 Å². The van der Waals surface area contributed by atoms with Gasteiger partial charge in [0.15, 0.2) is 0 Å². The molecule has 2 aromatic rings. The molecule has 1 aromatic heterocycles. The Kier molecular flexibility index (Phi) is 3.31. The first-order valence-corrected chi connectivity index (χ1v) is 7.04. The third-order valence-electron chi connectivity index (χ3n) is 3.43. The van der Waals surface area contributed by atoms with E-state index in [-0.39, 0.29) is 0 Å². The van der Waals surface area contributed by atoms with Gasteiger partial charge < -0.3 is 0 Å². The summed E-state index contributed by atoms with van der Waals surface area (Å²) in [5.74, 6) is 0. The predicted molar refractivity (Wildman–Crippen MR) is 74.8 cm³/mol. The Morgan fingerprint density at radius 1 is 1.00 bits per heavy atom. The van der Waals surface area contributed by atoms with Gasteiger partial charge in [0, 0.05) is 5.56 Å². The van der Waals surface area contributed by atoms with Gasteiger partial charge in [0.25, 0.3) is 0 Å². The third kappa shape index (κ3) is 2.04. The van der Waals surface area contributed by atoms with Crippen LogP contribution in [-0.2, 0) is 12.8 Å². The summed E-state index contributed by atoms with van der Waals surface area (Å²) >= 11 is 12.7. The van der Waals surface area contributed by atoms with E-state index >= 15 is 0 Å². The molecule has 1 aliphatic rings. The largest absolute Gasteiger partial charge is 0.220 e. The Morgan fingerprint density at radius 2 is 1.78 bits per heavy atom. The van der Waals surface area contributed by atoms with Gasteiger partial charge >= 0.3 is 0 Å². The molecule has 2 nitrogen and oxygen atoms in total. The number of rotatable bonds is 1. The highest BCUT2D eigenvalue weighted by Gasteiger charge is 2.19. The van der Waals surface area contributed by atoms with Gasteiger partial charge in [-0.15, -0.1) is 0 Å². The van der Waals surface area contributed by atoms with E-state index in [1.54, 1.807) is 4.68 Å². The molecule has 0 bridgehead atoms. The van der Waals surface area contributed by atoms with Crippen LogP contribution < -0.4 is 0 Å². The minimum atomic E-state index is 0.678. The summed E-state index contributed by atoms with van der Waals surface area (Å²) in [6.45, 7) is 0. The number of aromatic nitrogens is 2. The maximum Gasteiger partial charge on any atom is 0.136 e. The molecule has 4 heteroatoms. The zero-order valence-electron chi connectivity index (χ0n) is 10.00. The number of hydrogen-bond acceptors (Lipinski definition) is 1. The zero-order valence-corrected chi connectivity index (χ0v) is 11.5. The lowest BCUT2D eigenvalue weighted by Crippen LogP contribution is -1.98. The Morgan fingerprint density at radius 3 is 2.61 bits per heavy atom. The molecule has 0 N–H and O–H groups in total. The summed E-state index contributed by atoms with van der Waals surface area (Å²) in [4.78, 5) is 0. The van der Waals surface area contributed by atoms with Crippen LogP contribution in [0, 0.1) is 0 Å². The number of hydrogen-bond donors (Lipinski definition) is 0. The van der Waals surface area contributed by atoms with Crippen LogP contribution in [0.4, 0.5) is 0 Å². The van der Waals surface area contributed by atoms with E-state index < -0.39 is 0 Å². The van der Waals surface area contributed by atoms with Crippen LogP contribution in [0.2, 0.25) is 10.2 Å². The molecule has 0 saturated carbocycles. The molecule has 0 radical (unpaired) electrons. The molecule has 0 spiro atoms. The molecule has 0 saturated heterocycles. The molecular formula is C14H14Cl2N2. The van der Waals surface area contributed by atoms with Crippen molar-refractivity contribution in [3.63, 3.8) is 0 Å². The lowest BCUT2D eigenvalue weighted by atomic mass is 10.1. The zero-order chi connectivity index (χ0) is 12.5. The Labute approximate surface area is 117 Å². The van der Waals surface area contributed by atoms with Crippen molar-refractivity contribution in [2.75, 3.05) is 0 Å². The minimum Gasteiger partial charge on any atom is -0.220 e. The van der Waals surface area contributed by atoms with E-state index in [0.717, 1.165) is 29.4 Å². The van der Waals surface area contributed by atoms with Crippen LogP contribution >= 0.6 is 23.2 Å². The summed E-state index contributed by atoms with van der Waals surface area (Å²) in [5.41, 5.74) is 3.20. The van der Waals surface area contributed by atoms with Gasteiger partial charge in [-0.1, -0.05) is 41.8 Å². The first-order chi connectivity index (χ1) is 8.77. The highest BCUT2D eigenvalue weighted by Crippen LogP contribution is 2.31. The second-order valence-corrected chi connectivity index (χ2v) is 5.41. The molecule has 1 aromatic carbocycles. The van der Waals surface area contributed by atoms with Gasteiger partial charge in [-0.25, -0.2) is 4.68 Å². The standard InChI is InChI=1S/C14H14Cl2N2/c15-11-7-4-5-9-13(11)18-14(16)10-6-2-1-3-8-12(10)17-18/h4-5,7,9H,1-3,6,8H2. The van der Waals surface area contributed by atoms with E-state index in [1.165, 1.54) is 24.8 Å². The van der Waals surface area contributed by atoms with Crippen molar-refractivity contribution in [2.24, 2.45) is 0 Å². The first-order valence-electron chi connectivity index (χ1n) is 6.28. The molecule has 3 rings (SSSR count). The second kappa shape index (κ2) is 4.94. The molecule has 0 aliphatic heterocycles. The molecule has 0 amide bonds. The number of para-hydroxylation sites is 1. The molecule has 0 unspecified atom stereocenters. The Hall–Kier alpha value is -0.990. The molecule has 18 heavy (non-hydrogen) atoms. The number of fused-ring (bicyclic) bond motifs is 1. The monoisotopic (exact) mass is 280 g/mol. The van der Waals surface area contributed by atoms with E-state index in [0.29, 0.717) is 5.02 Å². The molecule has 1 aliphatic carbocycles. The van der Waals surface area contributed by atoms with Crippen LogP contribution in [0.5, 0.6) is 0 Å². The van der Waals surface area contributed by atoms with Gasteiger partial charge in [-0.2, -0.15) is 5.10 Å². The fraction of sp³-hybridized carbons (Fsp3) is 0.357. The Bertz CT molecular complexity index is 575. The highest BCUT2D eigenvalue weighted by atomic mass is 35.5. The predicted octanol–water partition coefficient (Wildman–Crippen LogP) is 4.45. The molecular weight excluding hydrogens is 267 g/mol. The number of benzene rings is 1. The highest BCUT2D eigenvalue weighted by molar-refractivity contribution is 6.33. The normalized spacial score (nSPS) is 15.2. The van der Waals surface area contributed by atoms with Gasteiger partial charge in [0.2, 0.25) is 0 Å². The van der Waals surface area contributed by atoms with E-state index in [1.807, 2.05) is 24.3 Å². The molecule has 94 valence electrons. The molecule has 1 heterocycles. The van der Waals surface area contributed by atoms with Crippen molar-refractivity contribution < 1.29 is 0 Å². The number of aryl methyl sites for hydroxylation is 1. The fourth-order valence-corrected chi connectivity index (χ4v) is 3.02. The minimum absolute atomic E-state index is 0.678.